The first-order valence-corrected chi connectivity index (χ1v) is 17.5. The number of aliphatic imine (C=N–C) groups is 2. The number of aromatic amines is 1. The number of nitrogens with one attached hydrogen (secondary N) is 2. The Bertz CT molecular complexity index is 2140. The predicted octanol–water partition coefficient (Wildman–Crippen LogP) is 2.65. The van der Waals surface area contributed by atoms with E-state index in [2.05, 4.69) is 30.3 Å². The Hall–Kier alpha value is -5.11. The summed E-state index contributed by atoms with van der Waals surface area (Å²) >= 11 is 0. The Labute approximate surface area is 276 Å². The van der Waals surface area contributed by atoms with E-state index in [9.17, 15) is 13.2 Å². The number of alkyl halides is 1. The van der Waals surface area contributed by atoms with Crippen molar-refractivity contribution in [3.05, 3.63) is 99.7 Å². The summed E-state index contributed by atoms with van der Waals surface area (Å²) in [4.78, 5) is 34.5. The lowest BCUT2D eigenvalue weighted by Crippen LogP contribution is -2.42. The number of sulfone groups is 1. The van der Waals surface area contributed by atoms with Crippen LogP contribution < -0.4 is 20.8 Å². The molecule has 12 nitrogen and oxygen atoms in total. The summed E-state index contributed by atoms with van der Waals surface area (Å²) in [7, 11) is -4.13. The molecule has 0 aromatic carbocycles. The summed E-state index contributed by atoms with van der Waals surface area (Å²) in [6.07, 6.45) is 17.5. The van der Waals surface area contributed by atoms with Crippen LogP contribution in [0.1, 0.15) is 32.4 Å². The van der Waals surface area contributed by atoms with Gasteiger partial charge >= 0.3 is 6.09 Å². The zero-order valence-corrected chi connectivity index (χ0v) is 27.4. The first kappa shape index (κ1) is 31.5. The first-order valence-electron chi connectivity index (χ1n) is 15.6. The lowest BCUT2D eigenvalue weighted by Gasteiger charge is -2.32. The number of likely N-dealkylation sites (tertiary alicyclic amines) is 1. The molecule has 0 saturated carbocycles. The van der Waals surface area contributed by atoms with Crippen LogP contribution in [0.15, 0.2) is 93.3 Å². The van der Waals surface area contributed by atoms with Crippen molar-refractivity contribution in [3.63, 3.8) is 0 Å². The molecule has 1 amide bonds. The molecule has 7 rings (SSSR count). The Balaban J connectivity index is 1.28. The van der Waals surface area contributed by atoms with Gasteiger partial charge in [-0.1, -0.05) is 0 Å². The zero-order chi connectivity index (χ0) is 33.7. The molecule has 2 unspecified atom stereocenters. The Morgan fingerprint density at radius 3 is 2.60 bits per heavy atom. The van der Waals surface area contributed by atoms with Gasteiger partial charge in [0.1, 0.15) is 22.9 Å². The molecule has 0 aliphatic carbocycles. The molecule has 1 saturated heterocycles. The number of H-pyrrole nitrogens is 1. The van der Waals surface area contributed by atoms with E-state index in [1.807, 2.05) is 44.2 Å². The number of piperidine rings is 1. The van der Waals surface area contributed by atoms with Gasteiger partial charge in [0.15, 0.2) is 9.84 Å². The van der Waals surface area contributed by atoms with Crippen LogP contribution in [0.4, 0.5) is 9.18 Å². The number of aromatic nitrogens is 3. The molecular formula is C34H34FN7O5S. The molecule has 7 heterocycles. The van der Waals surface area contributed by atoms with E-state index in [4.69, 9.17) is 9.47 Å². The van der Waals surface area contributed by atoms with Crippen LogP contribution in [0.5, 0.6) is 5.88 Å². The third-order valence-corrected chi connectivity index (χ3v) is 9.59. The van der Waals surface area contributed by atoms with Crippen molar-refractivity contribution in [1.82, 2.24) is 25.2 Å². The number of carbonyl (C=O) groups is 1. The van der Waals surface area contributed by atoms with Crippen LogP contribution in [0.3, 0.4) is 0 Å². The van der Waals surface area contributed by atoms with Crippen molar-refractivity contribution >= 4 is 39.5 Å². The monoisotopic (exact) mass is 671 g/mol. The van der Waals surface area contributed by atoms with Crippen molar-refractivity contribution in [3.8, 4) is 5.88 Å². The first-order chi connectivity index (χ1) is 22.9. The van der Waals surface area contributed by atoms with E-state index < -0.39 is 26.1 Å². The van der Waals surface area contributed by atoms with E-state index in [1.54, 1.807) is 29.2 Å². The van der Waals surface area contributed by atoms with E-state index in [1.165, 1.54) is 18.5 Å². The van der Waals surface area contributed by atoms with Crippen molar-refractivity contribution in [2.24, 2.45) is 9.98 Å². The number of halogens is 1. The van der Waals surface area contributed by atoms with Gasteiger partial charge in [0.2, 0.25) is 5.88 Å². The predicted molar refractivity (Wildman–Crippen MR) is 179 cm³/mol. The van der Waals surface area contributed by atoms with Gasteiger partial charge in [0.05, 0.1) is 34.6 Å². The minimum absolute atomic E-state index is 0.0341. The fourth-order valence-corrected chi connectivity index (χ4v) is 7.37. The maximum Gasteiger partial charge on any atom is 0.410 e. The smallest absolute Gasteiger partial charge is 0.410 e. The van der Waals surface area contributed by atoms with Crippen LogP contribution in [-0.2, 0) is 20.1 Å². The molecule has 14 heteroatoms. The molecule has 0 spiro atoms. The SMILES string of the molecule is CC(C)OC(=O)N1CCC(Oc2cc(C34C=CC(=C(S(C)(=O)=O)C5(F)C=CC(=N5)C=C5C=CC(=N5)C=c5ccc([nH]5)=C3)N4)ncn2)CC1. The second kappa shape index (κ2) is 11.8. The van der Waals surface area contributed by atoms with Gasteiger partial charge in [-0.15, -0.1) is 0 Å². The van der Waals surface area contributed by atoms with Crippen molar-refractivity contribution in [2.45, 2.75) is 50.2 Å². The van der Waals surface area contributed by atoms with E-state index >= 15 is 4.39 Å². The highest BCUT2D eigenvalue weighted by Gasteiger charge is 2.45. The molecule has 248 valence electrons. The van der Waals surface area contributed by atoms with Gasteiger partial charge in [-0.2, -0.15) is 0 Å². The normalized spacial score (nSPS) is 24.9. The highest BCUT2D eigenvalue weighted by atomic mass is 32.2. The minimum Gasteiger partial charge on any atom is -0.474 e. The number of nitrogens with zero attached hydrogens (tertiary/aromatic N) is 5. The molecule has 0 radical (unpaired) electrons. The molecule has 1 fully saturated rings. The van der Waals surface area contributed by atoms with Crippen LogP contribution >= 0.6 is 0 Å². The average Bonchev–Trinajstić information content (AvgIpc) is 3.82. The summed E-state index contributed by atoms with van der Waals surface area (Å²) in [6.45, 7) is 4.58. The number of hydrogen-bond donors (Lipinski definition) is 2. The molecule has 48 heavy (non-hydrogen) atoms. The standard InChI is InChI=1S/C34H34FN7O5S/c1-21(2)46-32(43)42-14-10-27(11-15-42)47-30-18-29(36-20-37-30)33-12-9-28(41-33)31(48(3,44)45)34(35)13-8-25(40-34)17-24-5-4-22(38-24)16-23-6-7-26(19-33)39-23/h4-9,12-13,16-21,27,39,41H,10-11,14-15H2,1-3H3. The van der Waals surface area contributed by atoms with Gasteiger partial charge in [0.25, 0.3) is 5.79 Å². The van der Waals surface area contributed by atoms with Crippen LogP contribution in [0.2, 0.25) is 0 Å². The number of amides is 1. The fourth-order valence-electron chi connectivity index (χ4n) is 6.22. The summed E-state index contributed by atoms with van der Waals surface area (Å²) in [6, 6.07) is 5.45. The Morgan fingerprint density at radius 2 is 1.83 bits per heavy atom. The Kier molecular flexibility index (Phi) is 7.77. The zero-order valence-electron chi connectivity index (χ0n) is 26.6. The number of ether oxygens (including phenoxy) is 2. The summed E-state index contributed by atoms with van der Waals surface area (Å²) < 4.78 is 54.7. The third-order valence-electron chi connectivity index (χ3n) is 8.34. The maximum absolute atomic E-state index is 16.7. The van der Waals surface area contributed by atoms with E-state index in [0.29, 0.717) is 54.3 Å². The highest BCUT2D eigenvalue weighted by molar-refractivity contribution is 7.94. The molecule has 2 aromatic heterocycles. The summed E-state index contributed by atoms with van der Waals surface area (Å²) in [5, 5.41) is 4.74. The molecule has 5 aliphatic rings. The van der Waals surface area contributed by atoms with E-state index in [0.717, 1.165) is 17.7 Å². The van der Waals surface area contributed by atoms with Crippen LogP contribution in [0, 0.1) is 0 Å². The summed E-state index contributed by atoms with van der Waals surface area (Å²) in [5.41, 5.74) is 0.722. The largest absolute Gasteiger partial charge is 0.474 e. The van der Waals surface area contributed by atoms with Crippen molar-refractivity contribution in [1.29, 1.82) is 0 Å². The molecule has 2 atom stereocenters. The quantitative estimate of drug-likeness (QED) is 0.461. The average molecular weight is 672 g/mol. The van der Waals surface area contributed by atoms with E-state index in [-0.39, 0.29) is 29.7 Å². The second-order valence-corrected chi connectivity index (χ2v) is 14.4. The van der Waals surface area contributed by atoms with Crippen molar-refractivity contribution < 1.29 is 27.1 Å². The second-order valence-electron chi connectivity index (χ2n) is 12.5. The van der Waals surface area contributed by atoms with Gasteiger partial charge in [0, 0.05) is 49.0 Å². The molecule has 8 bridgehead atoms. The highest BCUT2D eigenvalue weighted by Crippen LogP contribution is 2.40. The topological polar surface area (TPSA) is 151 Å². The molecule has 2 aromatic rings. The van der Waals surface area contributed by atoms with Gasteiger partial charge < -0.3 is 24.7 Å². The summed E-state index contributed by atoms with van der Waals surface area (Å²) in [5.74, 6) is -2.35. The lowest BCUT2D eigenvalue weighted by atomic mass is 9.95. The Morgan fingerprint density at radius 1 is 1.04 bits per heavy atom. The number of allylic oxidation sites excluding steroid dienone is 5. The lowest BCUT2D eigenvalue weighted by molar-refractivity contribution is 0.0507. The molecule has 2 N–H and O–H groups in total. The van der Waals surface area contributed by atoms with Gasteiger partial charge in [-0.3, -0.25) is 0 Å². The van der Waals surface area contributed by atoms with Gasteiger partial charge in [-0.05, 0) is 80.7 Å². The number of carbonyl (C=O) groups excluding carboxylic acids is 1. The number of hydrogen-bond acceptors (Lipinski definition) is 10. The molecular weight excluding hydrogens is 637 g/mol. The van der Waals surface area contributed by atoms with Gasteiger partial charge in [-0.25, -0.2) is 37.6 Å². The third kappa shape index (κ3) is 6.27. The van der Waals surface area contributed by atoms with Crippen molar-refractivity contribution in [2.75, 3.05) is 19.3 Å². The number of rotatable bonds is 5. The minimum atomic E-state index is -4.13. The maximum atomic E-state index is 16.7. The van der Waals surface area contributed by atoms with Crippen LogP contribution in [0.25, 0.3) is 12.2 Å². The fraction of sp³-hybridized carbons (Fsp3) is 0.324. The van der Waals surface area contributed by atoms with Crippen LogP contribution in [-0.4, -0.2) is 83.1 Å². The number of fused-ring (bicyclic) bond motifs is 6. The molecule has 5 aliphatic heterocycles.